The maximum atomic E-state index is 12.3. The fourth-order valence-electron chi connectivity index (χ4n) is 2.33. The standard InChI is InChI=1S/C13H19N3O3/c1-3-19-13(18)10-5-4-6-16(9-10)12(17)11-7-14-15(2)8-11/h7-8,10H,3-6,9H2,1-2H3. The summed E-state index contributed by atoms with van der Waals surface area (Å²) >= 11 is 0. The van der Waals surface area contributed by atoms with Gasteiger partial charge in [0.2, 0.25) is 0 Å². The van der Waals surface area contributed by atoms with Crippen molar-refractivity contribution in [2.75, 3.05) is 19.7 Å². The Hall–Kier alpha value is -1.85. The van der Waals surface area contributed by atoms with E-state index in [0.717, 1.165) is 12.8 Å². The van der Waals surface area contributed by atoms with Crippen molar-refractivity contribution < 1.29 is 14.3 Å². The summed E-state index contributed by atoms with van der Waals surface area (Å²) in [5.74, 6) is -0.470. The molecule has 0 aliphatic carbocycles. The number of hydrogen-bond acceptors (Lipinski definition) is 4. The number of aryl methyl sites for hydroxylation is 1. The van der Waals surface area contributed by atoms with Crippen LogP contribution in [-0.2, 0) is 16.6 Å². The van der Waals surface area contributed by atoms with E-state index in [2.05, 4.69) is 5.10 Å². The molecule has 0 spiro atoms. The monoisotopic (exact) mass is 265 g/mol. The van der Waals surface area contributed by atoms with Crippen LogP contribution in [0, 0.1) is 5.92 Å². The van der Waals surface area contributed by atoms with Gasteiger partial charge in [-0.2, -0.15) is 5.10 Å². The normalized spacial score (nSPS) is 19.3. The summed E-state index contributed by atoms with van der Waals surface area (Å²) in [7, 11) is 1.77. The number of carbonyl (C=O) groups excluding carboxylic acids is 2. The highest BCUT2D eigenvalue weighted by molar-refractivity contribution is 5.94. The highest BCUT2D eigenvalue weighted by Gasteiger charge is 2.30. The molecule has 2 rings (SSSR count). The molecule has 1 aromatic rings. The summed E-state index contributed by atoms with van der Waals surface area (Å²) < 4.78 is 6.62. The van der Waals surface area contributed by atoms with Gasteiger partial charge in [-0.25, -0.2) is 0 Å². The molecule has 0 bridgehead atoms. The van der Waals surface area contributed by atoms with Crippen molar-refractivity contribution in [2.24, 2.45) is 13.0 Å². The van der Waals surface area contributed by atoms with Gasteiger partial charge in [-0.1, -0.05) is 0 Å². The highest BCUT2D eigenvalue weighted by Crippen LogP contribution is 2.19. The third-order valence-electron chi connectivity index (χ3n) is 3.28. The van der Waals surface area contributed by atoms with Gasteiger partial charge in [-0.05, 0) is 19.8 Å². The molecule has 6 nitrogen and oxygen atoms in total. The molecule has 0 radical (unpaired) electrons. The molecule has 0 saturated carbocycles. The van der Waals surface area contributed by atoms with Crippen LogP contribution in [0.3, 0.4) is 0 Å². The van der Waals surface area contributed by atoms with E-state index in [0.29, 0.717) is 25.3 Å². The smallest absolute Gasteiger partial charge is 0.310 e. The van der Waals surface area contributed by atoms with Crippen LogP contribution in [-0.4, -0.2) is 46.3 Å². The summed E-state index contributed by atoms with van der Waals surface area (Å²) in [6, 6.07) is 0. The van der Waals surface area contributed by atoms with Crippen molar-refractivity contribution in [3.05, 3.63) is 18.0 Å². The van der Waals surface area contributed by atoms with Gasteiger partial charge >= 0.3 is 5.97 Å². The van der Waals surface area contributed by atoms with E-state index in [9.17, 15) is 9.59 Å². The molecule has 19 heavy (non-hydrogen) atoms. The fraction of sp³-hybridized carbons (Fsp3) is 0.615. The zero-order chi connectivity index (χ0) is 13.8. The first-order valence-corrected chi connectivity index (χ1v) is 6.56. The number of esters is 1. The van der Waals surface area contributed by atoms with E-state index >= 15 is 0 Å². The number of amides is 1. The first-order valence-electron chi connectivity index (χ1n) is 6.56. The second-order valence-electron chi connectivity index (χ2n) is 4.75. The Kier molecular flexibility index (Phi) is 4.19. The molecule has 1 saturated heterocycles. The number of piperidine rings is 1. The van der Waals surface area contributed by atoms with Gasteiger partial charge in [0.15, 0.2) is 0 Å². The Morgan fingerprint density at radius 3 is 2.95 bits per heavy atom. The van der Waals surface area contributed by atoms with Crippen molar-refractivity contribution in [2.45, 2.75) is 19.8 Å². The quantitative estimate of drug-likeness (QED) is 0.760. The molecule has 1 aromatic heterocycles. The van der Waals surface area contributed by atoms with E-state index in [4.69, 9.17) is 4.74 Å². The van der Waals surface area contributed by atoms with Crippen LogP contribution >= 0.6 is 0 Å². The van der Waals surface area contributed by atoms with E-state index in [1.807, 2.05) is 0 Å². The molecule has 1 fully saturated rings. The Balaban J connectivity index is 2.01. The van der Waals surface area contributed by atoms with E-state index in [1.165, 1.54) is 0 Å². The molecule has 1 aliphatic heterocycles. The van der Waals surface area contributed by atoms with Crippen molar-refractivity contribution in [3.63, 3.8) is 0 Å². The van der Waals surface area contributed by atoms with Crippen LogP contribution in [0.5, 0.6) is 0 Å². The zero-order valence-corrected chi connectivity index (χ0v) is 11.3. The van der Waals surface area contributed by atoms with Gasteiger partial charge in [0.25, 0.3) is 5.91 Å². The second kappa shape index (κ2) is 5.86. The maximum absolute atomic E-state index is 12.3. The molecular weight excluding hydrogens is 246 g/mol. The number of aromatic nitrogens is 2. The molecule has 104 valence electrons. The van der Waals surface area contributed by atoms with Crippen LogP contribution in [0.1, 0.15) is 30.1 Å². The third-order valence-corrected chi connectivity index (χ3v) is 3.28. The third kappa shape index (κ3) is 3.13. The Bertz CT molecular complexity index is 469. The summed E-state index contributed by atoms with van der Waals surface area (Å²) in [5.41, 5.74) is 0.562. The van der Waals surface area contributed by atoms with Crippen LogP contribution in [0.4, 0.5) is 0 Å². The van der Waals surface area contributed by atoms with Crippen molar-refractivity contribution >= 4 is 11.9 Å². The molecule has 1 amide bonds. The lowest BCUT2D eigenvalue weighted by molar-refractivity contribution is -0.149. The van der Waals surface area contributed by atoms with Crippen LogP contribution in [0.15, 0.2) is 12.4 Å². The number of likely N-dealkylation sites (tertiary alicyclic amines) is 1. The number of nitrogens with zero attached hydrogens (tertiary/aromatic N) is 3. The predicted molar refractivity (Wildman–Crippen MR) is 68.5 cm³/mol. The van der Waals surface area contributed by atoms with Crippen molar-refractivity contribution in [1.29, 1.82) is 0 Å². The molecule has 2 heterocycles. The number of hydrogen-bond donors (Lipinski definition) is 0. The summed E-state index contributed by atoms with van der Waals surface area (Å²) in [5, 5.41) is 3.99. The van der Waals surface area contributed by atoms with Crippen LogP contribution in [0.2, 0.25) is 0 Å². The summed E-state index contributed by atoms with van der Waals surface area (Å²) in [4.78, 5) is 25.7. The lowest BCUT2D eigenvalue weighted by Gasteiger charge is -2.31. The molecule has 1 aliphatic rings. The molecular formula is C13H19N3O3. The van der Waals surface area contributed by atoms with Gasteiger partial charge in [0.1, 0.15) is 0 Å². The minimum atomic E-state index is -0.203. The Morgan fingerprint density at radius 1 is 1.53 bits per heavy atom. The zero-order valence-electron chi connectivity index (χ0n) is 11.3. The van der Waals surface area contributed by atoms with E-state index in [1.54, 1.807) is 35.9 Å². The van der Waals surface area contributed by atoms with Gasteiger partial charge in [0.05, 0.1) is 24.3 Å². The second-order valence-corrected chi connectivity index (χ2v) is 4.75. The Morgan fingerprint density at radius 2 is 2.32 bits per heavy atom. The molecule has 0 aromatic carbocycles. The van der Waals surface area contributed by atoms with Gasteiger partial charge < -0.3 is 9.64 Å². The lowest BCUT2D eigenvalue weighted by Crippen LogP contribution is -2.42. The van der Waals surface area contributed by atoms with Gasteiger partial charge in [-0.15, -0.1) is 0 Å². The molecule has 6 heteroatoms. The number of carbonyl (C=O) groups is 2. The summed E-state index contributed by atoms with van der Waals surface area (Å²) in [6.07, 6.45) is 4.86. The van der Waals surface area contributed by atoms with E-state index < -0.39 is 0 Å². The fourth-order valence-corrected chi connectivity index (χ4v) is 2.33. The predicted octanol–water partition coefficient (Wildman–Crippen LogP) is 0.835. The first-order chi connectivity index (χ1) is 9.11. The van der Waals surface area contributed by atoms with Crippen LogP contribution < -0.4 is 0 Å². The maximum Gasteiger partial charge on any atom is 0.310 e. The van der Waals surface area contributed by atoms with Gasteiger partial charge in [0, 0.05) is 26.3 Å². The molecule has 0 N–H and O–H groups in total. The minimum Gasteiger partial charge on any atom is -0.466 e. The summed E-state index contributed by atoms with van der Waals surface area (Å²) in [6.45, 7) is 3.29. The lowest BCUT2D eigenvalue weighted by atomic mass is 9.98. The van der Waals surface area contributed by atoms with Crippen molar-refractivity contribution in [3.8, 4) is 0 Å². The largest absolute Gasteiger partial charge is 0.466 e. The Labute approximate surface area is 112 Å². The number of ether oxygens (including phenoxy) is 1. The average molecular weight is 265 g/mol. The molecule has 1 atom stereocenters. The van der Waals surface area contributed by atoms with Gasteiger partial charge in [-0.3, -0.25) is 14.3 Å². The first kappa shape index (κ1) is 13.6. The topological polar surface area (TPSA) is 64.4 Å². The average Bonchev–Trinajstić information content (AvgIpc) is 2.85. The SMILES string of the molecule is CCOC(=O)C1CCCN(C(=O)c2cnn(C)c2)C1. The van der Waals surface area contributed by atoms with E-state index in [-0.39, 0.29) is 17.8 Å². The number of rotatable bonds is 3. The van der Waals surface area contributed by atoms with Crippen molar-refractivity contribution in [1.82, 2.24) is 14.7 Å². The van der Waals surface area contributed by atoms with Crippen LogP contribution in [0.25, 0.3) is 0 Å². The minimum absolute atomic E-state index is 0.0675. The molecule has 1 unspecified atom stereocenters. The highest BCUT2D eigenvalue weighted by atomic mass is 16.5.